The van der Waals surface area contributed by atoms with Gasteiger partial charge in [-0.2, -0.15) is 0 Å². The van der Waals surface area contributed by atoms with Gasteiger partial charge in [0, 0.05) is 36.3 Å². The van der Waals surface area contributed by atoms with Crippen molar-refractivity contribution in [2.75, 3.05) is 13.7 Å². The molecule has 13 nitrogen and oxygen atoms in total. The third kappa shape index (κ3) is 5.59. The first-order valence-electron chi connectivity index (χ1n) is 14.8. The number of aliphatic hydroxyl groups is 2. The Labute approximate surface area is 256 Å². The first-order chi connectivity index (χ1) is 20.4. The van der Waals surface area contributed by atoms with Crippen LogP contribution in [0.1, 0.15) is 67.2 Å². The van der Waals surface area contributed by atoms with Gasteiger partial charge in [-0.15, -0.1) is 0 Å². The van der Waals surface area contributed by atoms with Crippen molar-refractivity contribution in [3.05, 3.63) is 23.0 Å². The topological polar surface area (TPSA) is 198 Å². The van der Waals surface area contributed by atoms with Crippen LogP contribution in [0.25, 0.3) is 0 Å². The number of esters is 4. The molecule has 2 heterocycles. The van der Waals surface area contributed by atoms with Gasteiger partial charge in [-0.25, -0.2) is 14.4 Å². The average Bonchev–Trinajstić information content (AvgIpc) is 2.96. The molecule has 0 spiro atoms. The lowest BCUT2D eigenvalue weighted by molar-refractivity contribution is -0.216. The van der Waals surface area contributed by atoms with E-state index in [0.29, 0.717) is 11.1 Å². The minimum absolute atomic E-state index is 0.113. The molecule has 10 atom stereocenters. The van der Waals surface area contributed by atoms with Crippen molar-refractivity contribution in [3.63, 3.8) is 0 Å². The molecule has 13 heteroatoms. The molecule has 0 radical (unpaired) electrons. The number of fused-ring (bicyclic) bond motifs is 4. The van der Waals surface area contributed by atoms with E-state index >= 15 is 0 Å². The fourth-order valence-electron chi connectivity index (χ4n) is 7.85. The van der Waals surface area contributed by atoms with Crippen molar-refractivity contribution in [1.82, 2.24) is 0 Å². The van der Waals surface area contributed by atoms with Crippen molar-refractivity contribution >= 4 is 29.7 Å². The van der Waals surface area contributed by atoms with E-state index in [9.17, 15) is 34.2 Å². The molecule has 2 aliphatic carbocycles. The van der Waals surface area contributed by atoms with Gasteiger partial charge in [0.2, 0.25) is 6.10 Å². The highest BCUT2D eigenvalue weighted by atomic mass is 16.6. The molecule has 0 aromatic heterocycles. The van der Waals surface area contributed by atoms with E-state index in [0.717, 1.165) is 13.2 Å². The molecule has 4 aliphatic rings. The molecule has 2 saturated heterocycles. The van der Waals surface area contributed by atoms with Gasteiger partial charge < -0.3 is 39.6 Å². The Morgan fingerprint density at radius 3 is 2.41 bits per heavy atom. The van der Waals surface area contributed by atoms with Crippen LogP contribution in [0.3, 0.4) is 0 Å². The van der Waals surface area contributed by atoms with E-state index in [4.69, 9.17) is 29.4 Å². The van der Waals surface area contributed by atoms with Crippen molar-refractivity contribution < 1.29 is 57.9 Å². The summed E-state index contributed by atoms with van der Waals surface area (Å²) < 4.78 is 28.1. The number of hydrogen-bond donors (Lipinski definition) is 3. The highest BCUT2D eigenvalue weighted by Gasteiger charge is 2.70. The van der Waals surface area contributed by atoms with Gasteiger partial charge in [0.1, 0.15) is 12.2 Å². The van der Waals surface area contributed by atoms with Gasteiger partial charge in [0.05, 0.1) is 26.2 Å². The third-order valence-corrected chi connectivity index (χ3v) is 9.77. The van der Waals surface area contributed by atoms with Crippen LogP contribution in [0.4, 0.5) is 0 Å². The minimum atomic E-state index is -2.33. The number of carbonyl (C=O) groups is 5. The molecule has 1 unspecified atom stereocenters. The molecular weight excluding hydrogens is 578 g/mol. The molecule has 44 heavy (non-hydrogen) atoms. The number of nitrogens with two attached hydrogens (primary N) is 1. The predicted molar refractivity (Wildman–Crippen MR) is 151 cm³/mol. The summed E-state index contributed by atoms with van der Waals surface area (Å²) in [6.45, 7) is 9.80. The monoisotopic (exact) mass is 621 g/mol. The third-order valence-electron chi connectivity index (χ3n) is 9.77. The van der Waals surface area contributed by atoms with Crippen LogP contribution >= 0.6 is 0 Å². The fraction of sp³-hybridized carbons (Fsp3) is 0.710. The number of aliphatic hydroxyl groups excluding tert-OH is 2. The van der Waals surface area contributed by atoms with E-state index in [1.54, 1.807) is 41.5 Å². The zero-order valence-electron chi connectivity index (χ0n) is 26.2. The number of ether oxygens (including phenoxy) is 5. The summed E-state index contributed by atoms with van der Waals surface area (Å²) in [6, 6.07) is -0.492. The summed E-state index contributed by atoms with van der Waals surface area (Å²) in [5.41, 5.74) is 2.12. The van der Waals surface area contributed by atoms with E-state index in [-0.39, 0.29) is 31.6 Å². The van der Waals surface area contributed by atoms with Crippen LogP contribution in [0, 0.1) is 22.7 Å². The number of ketones is 1. The number of hydrogen-bond acceptors (Lipinski definition) is 13. The molecule has 2 bridgehead atoms. The molecular formula is C31H43NO12. The van der Waals surface area contributed by atoms with Gasteiger partial charge in [-0.1, -0.05) is 19.4 Å². The van der Waals surface area contributed by atoms with Crippen LogP contribution in [0.2, 0.25) is 0 Å². The zero-order valence-corrected chi connectivity index (χ0v) is 26.2. The summed E-state index contributed by atoms with van der Waals surface area (Å²) in [6.07, 6.45) is -6.05. The van der Waals surface area contributed by atoms with Crippen molar-refractivity contribution in [2.24, 2.45) is 28.4 Å². The minimum Gasteiger partial charge on any atom is -0.467 e. The van der Waals surface area contributed by atoms with Crippen LogP contribution in [-0.4, -0.2) is 89.6 Å². The number of carbonyl (C=O) groups excluding carboxylic acids is 5. The van der Waals surface area contributed by atoms with E-state index in [1.165, 1.54) is 0 Å². The first kappa shape index (κ1) is 33.8. The van der Waals surface area contributed by atoms with E-state index in [2.05, 4.69) is 0 Å². The lowest BCUT2D eigenvalue weighted by atomic mass is 9.45. The SMILES string of the molecule is COC(=O)[C@]12C[C@@H](OC(=O)C=C(C)C)C(=O)O[C@@H]3C[C@H]4C(C)=C(OC(=O)C[C@@H](C)N)C(=O)C[C@]4(C)C([C@@H](O)[C@@H]1O)[C@@]3(C)CO2. The molecule has 244 valence electrons. The average molecular weight is 622 g/mol. The summed E-state index contributed by atoms with van der Waals surface area (Å²) in [5, 5.41) is 23.8. The maximum absolute atomic E-state index is 13.7. The lowest BCUT2D eigenvalue weighted by Crippen LogP contribution is -2.66. The van der Waals surface area contributed by atoms with E-state index in [1.807, 2.05) is 0 Å². The van der Waals surface area contributed by atoms with Crippen molar-refractivity contribution in [1.29, 1.82) is 0 Å². The molecule has 4 N–H and O–H groups in total. The Morgan fingerprint density at radius 1 is 1.16 bits per heavy atom. The highest BCUT2D eigenvalue weighted by molar-refractivity contribution is 5.98. The number of allylic oxidation sites excluding steroid dienone is 3. The Bertz CT molecular complexity index is 1300. The Kier molecular flexibility index (Phi) is 9.20. The molecule has 0 aromatic rings. The van der Waals surface area contributed by atoms with Gasteiger partial charge in [-0.05, 0) is 51.0 Å². The zero-order chi connectivity index (χ0) is 32.9. The standard InChI is InChI=1S/C31H43NO12/c1-14(2)8-21(34)42-19-12-31(28(39)40-7)26(37)23(36)25-29(5)11-18(33)24(44-22(35)9-15(3)32)16(4)17(29)10-20(43-27(19)38)30(25,6)13-41-31/h8,15,17,19-20,23,25-26,36-37H,9-13,32H2,1-7H3/t15-,17+,19-,20-,23-,25?,26+,29+,30+,31+/m1/s1. The van der Waals surface area contributed by atoms with Gasteiger partial charge in [0.25, 0.3) is 0 Å². The summed E-state index contributed by atoms with van der Waals surface area (Å²) in [5.74, 6) is -5.74. The summed E-state index contributed by atoms with van der Waals surface area (Å²) >= 11 is 0. The fourth-order valence-corrected chi connectivity index (χ4v) is 7.85. The largest absolute Gasteiger partial charge is 0.467 e. The maximum Gasteiger partial charge on any atom is 0.347 e. The quantitative estimate of drug-likeness (QED) is 0.216. The number of rotatable bonds is 6. The highest BCUT2D eigenvalue weighted by Crippen LogP contribution is 2.64. The Morgan fingerprint density at radius 2 is 1.82 bits per heavy atom. The number of Topliss-reactive ketones (excluding diaryl/α,β-unsaturated/α-hetero) is 1. The predicted octanol–water partition coefficient (Wildman–Crippen LogP) is 1.02. The number of methoxy groups -OCH3 is 1. The van der Waals surface area contributed by atoms with E-state index < -0.39 is 94.8 Å². The van der Waals surface area contributed by atoms with Crippen LogP contribution in [0.15, 0.2) is 23.0 Å². The van der Waals surface area contributed by atoms with Gasteiger partial charge in [0.15, 0.2) is 17.1 Å². The molecule has 2 aliphatic heterocycles. The summed E-state index contributed by atoms with van der Waals surface area (Å²) in [4.78, 5) is 65.8. The Hall–Kier alpha value is -3.13. The second-order valence-electron chi connectivity index (χ2n) is 13.4. The Balaban J connectivity index is 1.88. The second kappa shape index (κ2) is 12.0. The van der Waals surface area contributed by atoms with Gasteiger partial charge in [-0.3, -0.25) is 9.59 Å². The first-order valence-corrected chi connectivity index (χ1v) is 14.8. The smallest absolute Gasteiger partial charge is 0.347 e. The molecule has 0 aromatic carbocycles. The van der Waals surface area contributed by atoms with Crippen LogP contribution in [0.5, 0.6) is 0 Å². The van der Waals surface area contributed by atoms with Gasteiger partial charge >= 0.3 is 23.9 Å². The van der Waals surface area contributed by atoms with Crippen molar-refractivity contribution in [2.45, 2.75) is 103 Å². The lowest BCUT2D eigenvalue weighted by Gasteiger charge is -2.60. The molecule has 0 amide bonds. The maximum atomic E-state index is 13.7. The van der Waals surface area contributed by atoms with Crippen LogP contribution in [-0.2, 0) is 47.7 Å². The summed E-state index contributed by atoms with van der Waals surface area (Å²) in [7, 11) is 1.07. The normalized spacial score (nSPS) is 39.0. The van der Waals surface area contributed by atoms with Crippen molar-refractivity contribution in [3.8, 4) is 0 Å². The molecule has 3 fully saturated rings. The molecule has 1 saturated carbocycles. The molecule has 4 rings (SSSR count). The second-order valence-corrected chi connectivity index (χ2v) is 13.4. The van der Waals surface area contributed by atoms with Crippen LogP contribution < -0.4 is 5.73 Å².